The second-order valence-electron chi connectivity index (χ2n) is 4.89. The Morgan fingerprint density at radius 1 is 1.25 bits per heavy atom. The third-order valence-corrected chi connectivity index (χ3v) is 3.56. The number of anilines is 1. The van der Waals surface area contributed by atoms with Crippen molar-refractivity contribution in [2.24, 2.45) is 0 Å². The lowest BCUT2D eigenvalue weighted by atomic mass is 10.1. The zero-order valence-corrected chi connectivity index (χ0v) is 13.4. The van der Waals surface area contributed by atoms with E-state index in [9.17, 15) is 9.90 Å². The molecule has 3 rings (SSSR count). The van der Waals surface area contributed by atoms with E-state index in [1.807, 2.05) is 0 Å². The monoisotopic (exact) mass is 344 g/mol. The van der Waals surface area contributed by atoms with E-state index in [2.05, 4.69) is 10.5 Å². The number of rotatable bonds is 4. The van der Waals surface area contributed by atoms with E-state index in [0.717, 1.165) is 0 Å². The number of aromatic hydroxyl groups is 1. The van der Waals surface area contributed by atoms with E-state index in [4.69, 9.17) is 20.9 Å². The fourth-order valence-electron chi connectivity index (χ4n) is 2.16. The molecule has 0 radical (unpaired) electrons. The number of hydrogen-bond donors (Lipinski definition) is 2. The van der Waals surface area contributed by atoms with Gasteiger partial charge < -0.3 is 19.7 Å². The predicted octanol–water partition coefficient (Wildman–Crippen LogP) is 3.96. The van der Waals surface area contributed by atoms with Crippen molar-refractivity contribution >= 4 is 23.2 Å². The molecule has 0 bridgehead atoms. The number of para-hydroxylation sites is 1. The Balaban J connectivity index is 1.85. The number of halogens is 1. The van der Waals surface area contributed by atoms with Gasteiger partial charge in [-0.3, -0.25) is 4.79 Å². The molecule has 0 fully saturated rings. The van der Waals surface area contributed by atoms with Gasteiger partial charge in [-0.1, -0.05) is 28.9 Å². The van der Waals surface area contributed by atoms with E-state index in [1.165, 1.54) is 19.2 Å². The fraction of sp³-hybridized carbons (Fsp3) is 0.0588. The number of ether oxygens (including phenoxy) is 1. The number of nitrogens with zero attached hydrogens (tertiary/aromatic N) is 1. The van der Waals surface area contributed by atoms with Crippen LogP contribution in [0.2, 0.25) is 5.02 Å². The summed E-state index contributed by atoms with van der Waals surface area (Å²) in [6, 6.07) is 12.9. The highest BCUT2D eigenvalue weighted by Gasteiger charge is 2.17. The molecule has 0 saturated heterocycles. The van der Waals surface area contributed by atoms with Crippen molar-refractivity contribution in [3.8, 4) is 22.8 Å². The Hall–Kier alpha value is -2.99. The van der Waals surface area contributed by atoms with Gasteiger partial charge in [0.15, 0.2) is 11.5 Å². The van der Waals surface area contributed by atoms with Gasteiger partial charge in [-0.2, -0.15) is 0 Å². The Labute approximate surface area is 142 Å². The van der Waals surface area contributed by atoms with Crippen molar-refractivity contribution in [1.82, 2.24) is 5.16 Å². The van der Waals surface area contributed by atoms with Crippen LogP contribution in [0.15, 0.2) is 53.1 Å². The first-order chi connectivity index (χ1) is 11.6. The summed E-state index contributed by atoms with van der Waals surface area (Å²) in [5.41, 5.74) is 0.932. The van der Waals surface area contributed by atoms with Crippen LogP contribution in [0.25, 0.3) is 11.3 Å². The van der Waals surface area contributed by atoms with Gasteiger partial charge >= 0.3 is 0 Å². The first-order valence-corrected chi connectivity index (χ1v) is 7.36. The number of benzene rings is 2. The molecule has 2 N–H and O–H groups in total. The largest absolute Gasteiger partial charge is 0.507 e. The quantitative estimate of drug-likeness (QED) is 0.748. The van der Waals surface area contributed by atoms with Crippen molar-refractivity contribution in [2.45, 2.75) is 0 Å². The number of phenolic OH excluding ortho intramolecular Hbond substituents is 1. The van der Waals surface area contributed by atoms with Crippen LogP contribution >= 0.6 is 11.6 Å². The lowest BCUT2D eigenvalue weighted by Crippen LogP contribution is -2.12. The molecule has 0 aliphatic carbocycles. The molecule has 1 aromatic heterocycles. The smallest absolute Gasteiger partial charge is 0.277 e. The molecule has 122 valence electrons. The van der Waals surface area contributed by atoms with E-state index < -0.39 is 5.91 Å². The summed E-state index contributed by atoms with van der Waals surface area (Å²) in [5, 5.41) is 16.7. The van der Waals surface area contributed by atoms with Crippen molar-refractivity contribution in [1.29, 1.82) is 0 Å². The lowest BCUT2D eigenvalue weighted by molar-refractivity contribution is 0.101. The van der Waals surface area contributed by atoms with Crippen LogP contribution in [0.5, 0.6) is 11.5 Å². The number of carbonyl (C=O) groups is 1. The van der Waals surface area contributed by atoms with Gasteiger partial charge in [-0.25, -0.2) is 0 Å². The van der Waals surface area contributed by atoms with E-state index in [1.54, 1.807) is 36.4 Å². The van der Waals surface area contributed by atoms with Gasteiger partial charge in [0.05, 0.1) is 18.4 Å². The van der Waals surface area contributed by atoms with Gasteiger partial charge in [-0.15, -0.1) is 0 Å². The van der Waals surface area contributed by atoms with Crippen molar-refractivity contribution in [3.05, 3.63) is 59.2 Å². The first-order valence-electron chi connectivity index (χ1n) is 6.98. The molecule has 0 spiro atoms. The summed E-state index contributed by atoms with van der Waals surface area (Å²) in [5.74, 6) is 0.312. The maximum Gasteiger partial charge on any atom is 0.277 e. The molecular weight excluding hydrogens is 332 g/mol. The molecule has 3 aromatic rings. The molecule has 0 unspecified atom stereocenters. The van der Waals surface area contributed by atoms with E-state index >= 15 is 0 Å². The average Bonchev–Trinajstić information content (AvgIpc) is 3.05. The summed E-state index contributed by atoms with van der Waals surface area (Å²) >= 11 is 5.94. The molecule has 24 heavy (non-hydrogen) atoms. The molecule has 2 aromatic carbocycles. The maximum atomic E-state index is 12.3. The fourth-order valence-corrected chi connectivity index (χ4v) is 2.33. The summed E-state index contributed by atoms with van der Waals surface area (Å²) < 4.78 is 10.3. The number of methoxy groups -OCH3 is 1. The van der Waals surface area contributed by atoms with Gasteiger partial charge in [0.25, 0.3) is 5.91 Å². The van der Waals surface area contributed by atoms with Crippen molar-refractivity contribution in [3.63, 3.8) is 0 Å². The van der Waals surface area contributed by atoms with E-state index in [0.29, 0.717) is 22.0 Å². The van der Waals surface area contributed by atoms with E-state index in [-0.39, 0.29) is 17.2 Å². The minimum atomic E-state index is -0.485. The van der Waals surface area contributed by atoms with Gasteiger partial charge in [0.1, 0.15) is 11.5 Å². The number of amides is 1. The highest BCUT2D eigenvalue weighted by atomic mass is 35.5. The first kappa shape index (κ1) is 15.9. The van der Waals surface area contributed by atoms with Crippen molar-refractivity contribution < 1.29 is 19.2 Å². The van der Waals surface area contributed by atoms with Crippen LogP contribution in [0.1, 0.15) is 10.5 Å². The zero-order valence-electron chi connectivity index (χ0n) is 12.6. The molecular formula is C17H13ClN2O4. The maximum absolute atomic E-state index is 12.3. The predicted molar refractivity (Wildman–Crippen MR) is 89.6 cm³/mol. The summed E-state index contributed by atoms with van der Waals surface area (Å²) in [6.07, 6.45) is 0. The zero-order chi connectivity index (χ0) is 17.1. The third kappa shape index (κ3) is 3.18. The van der Waals surface area contributed by atoms with Crippen molar-refractivity contribution in [2.75, 3.05) is 12.4 Å². The van der Waals surface area contributed by atoms with Gasteiger partial charge in [0, 0.05) is 11.1 Å². The standard InChI is InChI=1S/C17H13ClN2O4/c1-23-15-7-6-10(18)8-12(15)19-17(22)13-9-16(24-20-13)11-4-2-3-5-14(11)21/h2-9,21H,1H3,(H,19,22). The topological polar surface area (TPSA) is 84.6 Å². The highest BCUT2D eigenvalue weighted by molar-refractivity contribution is 6.31. The van der Waals surface area contributed by atoms with Crippen LogP contribution in [-0.4, -0.2) is 23.3 Å². The van der Waals surface area contributed by atoms with Crippen LogP contribution in [-0.2, 0) is 0 Å². The van der Waals surface area contributed by atoms with Crippen LogP contribution in [0, 0.1) is 0 Å². The summed E-state index contributed by atoms with van der Waals surface area (Å²) in [7, 11) is 1.49. The number of phenols is 1. The Bertz CT molecular complexity index is 892. The number of aromatic nitrogens is 1. The van der Waals surface area contributed by atoms with Crippen LogP contribution < -0.4 is 10.1 Å². The highest BCUT2D eigenvalue weighted by Crippen LogP contribution is 2.30. The number of carbonyl (C=O) groups excluding carboxylic acids is 1. The van der Waals surface area contributed by atoms with Gasteiger partial charge in [-0.05, 0) is 30.3 Å². The summed E-state index contributed by atoms with van der Waals surface area (Å²) in [6.45, 7) is 0. The normalized spacial score (nSPS) is 10.4. The molecule has 6 nitrogen and oxygen atoms in total. The second kappa shape index (κ2) is 6.64. The molecule has 0 atom stereocenters. The Kier molecular flexibility index (Phi) is 4.39. The van der Waals surface area contributed by atoms with Crippen LogP contribution in [0.3, 0.4) is 0 Å². The molecule has 0 aliphatic rings. The Morgan fingerprint density at radius 3 is 2.79 bits per heavy atom. The number of nitrogens with one attached hydrogen (secondary N) is 1. The SMILES string of the molecule is COc1ccc(Cl)cc1NC(=O)c1cc(-c2ccccc2O)on1. The molecule has 1 heterocycles. The minimum absolute atomic E-state index is 0.0390. The van der Waals surface area contributed by atoms with Crippen LogP contribution in [0.4, 0.5) is 5.69 Å². The van der Waals surface area contributed by atoms with Gasteiger partial charge in [0.2, 0.25) is 0 Å². The molecule has 0 aliphatic heterocycles. The third-order valence-electron chi connectivity index (χ3n) is 3.32. The summed E-state index contributed by atoms with van der Waals surface area (Å²) in [4.78, 5) is 12.3. The molecule has 1 amide bonds. The second-order valence-corrected chi connectivity index (χ2v) is 5.33. The number of hydrogen-bond acceptors (Lipinski definition) is 5. The lowest BCUT2D eigenvalue weighted by Gasteiger charge is -2.09. The Morgan fingerprint density at radius 2 is 2.04 bits per heavy atom. The minimum Gasteiger partial charge on any atom is -0.507 e. The molecule has 7 heteroatoms. The average molecular weight is 345 g/mol. The molecule has 0 saturated carbocycles.